The largest absolute Gasteiger partial charge is 0.467 e. The van der Waals surface area contributed by atoms with Gasteiger partial charge in [0, 0.05) is 6.92 Å². The monoisotopic (exact) mass is 264 g/mol. The number of hydrogen-bond acceptors (Lipinski definition) is 4. The molecule has 0 aromatic rings. The van der Waals surface area contributed by atoms with Crippen molar-refractivity contribution < 1.29 is 14.3 Å². The molecule has 1 amide bonds. The normalized spacial score (nSPS) is 20.6. The van der Waals surface area contributed by atoms with E-state index in [9.17, 15) is 9.59 Å². The molecule has 0 radical (unpaired) electrons. The zero-order valence-electron chi connectivity index (χ0n) is 8.66. The molecule has 7 heteroatoms. The van der Waals surface area contributed by atoms with Crippen LogP contribution in [0.4, 0.5) is 0 Å². The molecule has 1 unspecified atom stereocenters. The van der Waals surface area contributed by atoms with Gasteiger partial charge in [-0.05, 0) is 6.08 Å². The van der Waals surface area contributed by atoms with Crippen LogP contribution in [0.1, 0.15) is 6.92 Å². The van der Waals surface area contributed by atoms with Crippen LogP contribution in [0.25, 0.3) is 0 Å². The van der Waals surface area contributed by atoms with E-state index in [2.05, 4.69) is 4.74 Å². The number of amides is 1. The van der Waals surface area contributed by atoms with Crippen molar-refractivity contribution in [1.82, 2.24) is 4.90 Å². The fourth-order valence-electron chi connectivity index (χ4n) is 1.31. The number of hydrogen-bond donors (Lipinski definition) is 1. The van der Waals surface area contributed by atoms with Gasteiger partial charge in [0.25, 0.3) is 0 Å². The first kappa shape index (κ1) is 12.9. The number of nitrogens with two attached hydrogens (primary N) is 1. The van der Waals surface area contributed by atoms with Crippen LogP contribution in [0.15, 0.2) is 22.0 Å². The summed E-state index contributed by atoms with van der Waals surface area (Å²) in [5.74, 6) is -1.13. The zero-order valence-corrected chi connectivity index (χ0v) is 10.2. The minimum Gasteiger partial charge on any atom is -0.467 e. The molecule has 0 fully saturated rings. The lowest BCUT2D eigenvalue weighted by atomic mass is 10.1. The lowest BCUT2D eigenvalue weighted by Gasteiger charge is -2.31. The Balaban J connectivity index is 3.24. The molecule has 0 saturated carbocycles. The number of carbonyl (C=O) groups is 2. The second-order valence-electron chi connectivity index (χ2n) is 3.09. The smallest absolute Gasteiger partial charge is 0.334 e. The molecule has 1 atom stereocenters. The van der Waals surface area contributed by atoms with Crippen molar-refractivity contribution in [1.29, 1.82) is 0 Å². The lowest BCUT2D eigenvalue weighted by molar-refractivity contribution is -0.148. The summed E-state index contributed by atoms with van der Waals surface area (Å²) >= 11 is 11.7. The quantitative estimate of drug-likeness (QED) is 0.564. The molecule has 16 heavy (non-hydrogen) atoms. The number of halogens is 2. The van der Waals surface area contributed by atoms with Gasteiger partial charge in [0.1, 0.15) is 5.16 Å². The molecule has 0 saturated heterocycles. The summed E-state index contributed by atoms with van der Waals surface area (Å²) < 4.78 is 4.54. The lowest BCUT2D eigenvalue weighted by Crippen LogP contribution is -2.45. The summed E-state index contributed by atoms with van der Waals surface area (Å²) in [6.07, 6.45) is 1.31. The minimum atomic E-state index is -1.11. The molecule has 0 aliphatic carbocycles. The van der Waals surface area contributed by atoms with Gasteiger partial charge in [-0.3, -0.25) is 9.69 Å². The van der Waals surface area contributed by atoms with E-state index in [1.165, 1.54) is 20.1 Å². The number of rotatable bonds is 1. The maximum Gasteiger partial charge on any atom is 0.334 e. The van der Waals surface area contributed by atoms with Crippen LogP contribution in [0, 0.1) is 0 Å². The van der Waals surface area contributed by atoms with Crippen LogP contribution in [0.2, 0.25) is 0 Å². The standard InChI is InChI=1S/C9H10Cl2N2O3/c1-4(14)13-6(10)3-5(12)7(11)8(13)9(15)16-2/h3,8H,12H2,1-2H3. The first-order valence-corrected chi connectivity index (χ1v) is 5.05. The molecule has 1 rings (SSSR count). The van der Waals surface area contributed by atoms with Gasteiger partial charge in [-0.25, -0.2) is 4.79 Å². The van der Waals surface area contributed by atoms with Crippen molar-refractivity contribution >= 4 is 35.1 Å². The molecule has 0 spiro atoms. The highest BCUT2D eigenvalue weighted by atomic mass is 35.5. The first-order valence-electron chi connectivity index (χ1n) is 4.30. The van der Waals surface area contributed by atoms with Crippen molar-refractivity contribution in [2.24, 2.45) is 5.73 Å². The van der Waals surface area contributed by atoms with E-state index in [1.54, 1.807) is 0 Å². The van der Waals surface area contributed by atoms with Crippen LogP contribution in [0.3, 0.4) is 0 Å². The van der Waals surface area contributed by atoms with E-state index in [4.69, 9.17) is 28.9 Å². The summed E-state index contributed by atoms with van der Waals surface area (Å²) in [5.41, 5.74) is 5.69. The topological polar surface area (TPSA) is 72.6 Å². The Morgan fingerprint density at radius 2 is 2.06 bits per heavy atom. The van der Waals surface area contributed by atoms with E-state index in [1.807, 2.05) is 0 Å². The Kier molecular flexibility index (Phi) is 3.83. The molecule has 1 aliphatic heterocycles. The van der Waals surface area contributed by atoms with Crippen molar-refractivity contribution in [3.63, 3.8) is 0 Å². The Labute approximate surface area is 102 Å². The third-order valence-electron chi connectivity index (χ3n) is 2.04. The Hall–Kier alpha value is -1.20. The Bertz CT molecular complexity index is 404. The van der Waals surface area contributed by atoms with Crippen LogP contribution >= 0.6 is 23.2 Å². The number of esters is 1. The fraction of sp³-hybridized carbons (Fsp3) is 0.333. The molecule has 88 valence electrons. The number of ether oxygens (including phenoxy) is 1. The molecule has 2 N–H and O–H groups in total. The van der Waals surface area contributed by atoms with Crippen molar-refractivity contribution in [3.8, 4) is 0 Å². The molecule has 1 aliphatic rings. The summed E-state index contributed by atoms with van der Waals surface area (Å²) in [6.45, 7) is 1.26. The van der Waals surface area contributed by atoms with E-state index < -0.39 is 17.9 Å². The second-order valence-corrected chi connectivity index (χ2v) is 3.88. The predicted octanol–water partition coefficient (Wildman–Crippen LogP) is 0.879. The van der Waals surface area contributed by atoms with Crippen molar-refractivity contribution in [2.75, 3.05) is 7.11 Å². The van der Waals surface area contributed by atoms with Gasteiger partial charge >= 0.3 is 5.97 Å². The third kappa shape index (κ3) is 2.15. The maximum atomic E-state index is 11.5. The minimum absolute atomic E-state index is 0.0199. The molecular weight excluding hydrogens is 255 g/mol. The molecule has 0 aromatic heterocycles. The van der Waals surface area contributed by atoms with Gasteiger partial charge < -0.3 is 10.5 Å². The van der Waals surface area contributed by atoms with E-state index in [-0.39, 0.29) is 15.9 Å². The second kappa shape index (κ2) is 4.76. The van der Waals surface area contributed by atoms with E-state index in [0.717, 1.165) is 4.90 Å². The summed E-state index contributed by atoms with van der Waals surface area (Å²) in [4.78, 5) is 23.9. The van der Waals surface area contributed by atoms with Gasteiger partial charge in [-0.1, -0.05) is 23.2 Å². The van der Waals surface area contributed by atoms with Gasteiger partial charge in [0.05, 0.1) is 17.8 Å². The van der Waals surface area contributed by atoms with Crippen LogP contribution in [0.5, 0.6) is 0 Å². The summed E-state index contributed by atoms with van der Waals surface area (Å²) in [7, 11) is 1.19. The maximum absolute atomic E-state index is 11.5. The predicted molar refractivity (Wildman–Crippen MR) is 59.3 cm³/mol. The molecular formula is C9H10Cl2N2O3. The molecule has 5 nitrogen and oxygen atoms in total. The van der Waals surface area contributed by atoms with Crippen LogP contribution < -0.4 is 5.73 Å². The highest BCUT2D eigenvalue weighted by Crippen LogP contribution is 2.29. The zero-order chi connectivity index (χ0) is 12.5. The number of nitrogens with zero attached hydrogens (tertiary/aromatic N) is 1. The average molecular weight is 265 g/mol. The number of allylic oxidation sites excluding steroid dienone is 1. The Morgan fingerprint density at radius 1 is 1.50 bits per heavy atom. The third-order valence-corrected chi connectivity index (χ3v) is 2.76. The molecule has 0 bridgehead atoms. The Morgan fingerprint density at radius 3 is 2.50 bits per heavy atom. The van der Waals surface area contributed by atoms with Gasteiger partial charge in [-0.2, -0.15) is 0 Å². The molecule has 0 aromatic carbocycles. The van der Waals surface area contributed by atoms with E-state index >= 15 is 0 Å². The average Bonchev–Trinajstić information content (AvgIpc) is 2.21. The highest BCUT2D eigenvalue weighted by Gasteiger charge is 2.37. The number of carbonyl (C=O) groups excluding carboxylic acids is 2. The van der Waals surface area contributed by atoms with Gasteiger partial charge in [0.2, 0.25) is 5.91 Å². The van der Waals surface area contributed by atoms with Crippen molar-refractivity contribution in [2.45, 2.75) is 13.0 Å². The summed E-state index contributed by atoms with van der Waals surface area (Å²) in [6, 6.07) is -1.11. The molecule has 1 heterocycles. The fourth-order valence-corrected chi connectivity index (χ4v) is 1.89. The SMILES string of the molecule is COC(=O)C1C(Cl)=C(N)C=C(Cl)N1C(C)=O. The highest BCUT2D eigenvalue weighted by molar-refractivity contribution is 6.35. The number of methoxy groups -OCH3 is 1. The van der Waals surface area contributed by atoms with Gasteiger partial charge in [0.15, 0.2) is 6.04 Å². The van der Waals surface area contributed by atoms with Crippen molar-refractivity contribution in [3.05, 3.63) is 22.0 Å². The van der Waals surface area contributed by atoms with Crippen LogP contribution in [-0.2, 0) is 14.3 Å². The summed E-state index contributed by atoms with van der Waals surface area (Å²) in [5, 5.41) is 0.0521. The van der Waals surface area contributed by atoms with Crippen LogP contribution in [-0.4, -0.2) is 29.9 Å². The van der Waals surface area contributed by atoms with Gasteiger partial charge in [-0.15, -0.1) is 0 Å². The first-order chi connectivity index (χ1) is 7.40. The van der Waals surface area contributed by atoms with E-state index in [0.29, 0.717) is 0 Å².